The maximum atomic E-state index is 11.4. The van der Waals surface area contributed by atoms with Crippen LogP contribution >= 0.6 is 15.9 Å². The number of anilines is 1. The Kier molecular flexibility index (Phi) is 3.39. The first-order valence-corrected chi connectivity index (χ1v) is 4.53. The molecule has 0 spiro atoms. The van der Waals surface area contributed by atoms with E-state index in [2.05, 4.69) is 26.2 Å². The van der Waals surface area contributed by atoms with Crippen molar-refractivity contribution in [2.75, 3.05) is 19.3 Å². The van der Waals surface area contributed by atoms with Crippen molar-refractivity contribution in [3.63, 3.8) is 0 Å². The summed E-state index contributed by atoms with van der Waals surface area (Å²) in [7, 11) is 1.71. The molecule has 70 valence electrons. The molecule has 0 aliphatic carbocycles. The largest absolute Gasteiger partial charge is 0.383 e. The number of aromatic nitrogens is 1. The Hall–Kier alpha value is -0.940. The molecule has 13 heavy (non-hydrogen) atoms. The summed E-state index contributed by atoms with van der Waals surface area (Å²) in [5, 5.41) is 2.76. The summed E-state index contributed by atoms with van der Waals surface area (Å²) < 4.78 is 0.751. The molecule has 1 aromatic heterocycles. The zero-order chi connectivity index (χ0) is 9.84. The van der Waals surface area contributed by atoms with Gasteiger partial charge in [-0.05, 0) is 29.0 Å². The lowest BCUT2D eigenvalue weighted by atomic mass is 10.2. The third-order valence-corrected chi connectivity index (χ3v) is 1.96. The number of nitrogen functional groups attached to an aromatic ring is 1. The van der Waals surface area contributed by atoms with Crippen molar-refractivity contribution in [2.24, 2.45) is 0 Å². The van der Waals surface area contributed by atoms with Crippen LogP contribution in [0, 0.1) is 0 Å². The van der Waals surface area contributed by atoms with E-state index >= 15 is 0 Å². The third-order valence-electron chi connectivity index (χ3n) is 1.52. The van der Waals surface area contributed by atoms with E-state index in [1.807, 2.05) is 0 Å². The van der Waals surface area contributed by atoms with Crippen molar-refractivity contribution in [2.45, 2.75) is 0 Å². The minimum absolute atomic E-state index is 0.0613. The zero-order valence-corrected chi connectivity index (χ0v) is 8.76. The predicted octanol–water partition coefficient (Wildman–Crippen LogP) is 0.828. The molecule has 1 aromatic rings. The second-order valence-electron chi connectivity index (χ2n) is 2.54. The number of pyridine rings is 1. The summed E-state index contributed by atoms with van der Waals surface area (Å²) in [6.45, 7) is 0.266. The van der Waals surface area contributed by atoms with Crippen LogP contribution < -0.4 is 11.1 Å². The Balaban J connectivity index is 2.99. The van der Waals surface area contributed by atoms with Gasteiger partial charge in [0.1, 0.15) is 5.82 Å². The molecule has 1 rings (SSSR count). The van der Waals surface area contributed by atoms with E-state index in [1.54, 1.807) is 19.3 Å². The van der Waals surface area contributed by atoms with Gasteiger partial charge in [0.05, 0.1) is 12.1 Å². The molecule has 0 unspecified atom stereocenters. The number of ketones is 1. The molecule has 5 heteroatoms. The second kappa shape index (κ2) is 4.34. The van der Waals surface area contributed by atoms with Gasteiger partial charge in [-0.2, -0.15) is 0 Å². The number of nitrogens with zero attached hydrogens (tertiary/aromatic N) is 1. The van der Waals surface area contributed by atoms with Crippen LogP contribution in [0.5, 0.6) is 0 Å². The zero-order valence-electron chi connectivity index (χ0n) is 7.17. The average molecular weight is 244 g/mol. The predicted molar refractivity (Wildman–Crippen MR) is 54.6 cm³/mol. The summed E-state index contributed by atoms with van der Waals surface area (Å²) in [4.78, 5) is 15.3. The van der Waals surface area contributed by atoms with Crippen molar-refractivity contribution in [1.82, 2.24) is 10.3 Å². The highest BCUT2D eigenvalue weighted by molar-refractivity contribution is 9.10. The SMILES string of the molecule is CNCC(=O)c1cc(Br)cnc1N. The number of Topliss-reactive ketones (excluding diaryl/α,β-unsaturated/α-hetero) is 1. The fraction of sp³-hybridized carbons (Fsp3) is 0.250. The van der Waals surface area contributed by atoms with E-state index in [0.717, 1.165) is 4.47 Å². The number of carbonyl (C=O) groups is 1. The van der Waals surface area contributed by atoms with Gasteiger partial charge >= 0.3 is 0 Å². The van der Waals surface area contributed by atoms with E-state index in [1.165, 1.54) is 0 Å². The molecular formula is C8H10BrN3O. The molecule has 0 aliphatic heterocycles. The Morgan fingerprint density at radius 3 is 3.08 bits per heavy atom. The molecule has 0 saturated carbocycles. The molecule has 0 amide bonds. The molecule has 4 nitrogen and oxygen atoms in total. The van der Waals surface area contributed by atoms with Crippen LogP contribution in [0.15, 0.2) is 16.7 Å². The first kappa shape index (κ1) is 10.1. The lowest BCUT2D eigenvalue weighted by Gasteiger charge is -2.03. The van der Waals surface area contributed by atoms with E-state index in [9.17, 15) is 4.79 Å². The Bertz CT molecular complexity index is 327. The molecule has 0 fully saturated rings. The van der Waals surface area contributed by atoms with Gasteiger partial charge in [-0.3, -0.25) is 4.79 Å². The van der Waals surface area contributed by atoms with Crippen molar-refractivity contribution in [3.05, 3.63) is 22.3 Å². The van der Waals surface area contributed by atoms with E-state index in [0.29, 0.717) is 5.56 Å². The van der Waals surface area contributed by atoms with Gasteiger partial charge in [0.25, 0.3) is 0 Å². The molecule has 0 aromatic carbocycles. The van der Waals surface area contributed by atoms with Crippen LogP contribution in [-0.4, -0.2) is 24.4 Å². The minimum Gasteiger partial charge on any atom is -0.383 e. The van der Waals surface area contributed by atoms with E-state index < -0.39 is 0 Å². The van der Waals surface area contributed by atoms with E-state index in [4.69, 9.17) is 5.73 Å². The number of rotatable bonds is 3. The molecule has 3 N–H and O–H groups in total. The van der Waals surface area contributed by atoms with Crippen LogP contribution in [0.4, 0.5) is 5.82 Å². The number of hydrogen-bond acceptors (Lipinski definition) is 4. The normalized spacial score (nSPS) is 10.0. The van der Waals surface area contributed by atoms with Gasteiger partial charge in [-0.15, -0.1) is 0 Å². The minimum atomic E-state index is -0.0613. The molecule has 0 atom stereocenters. The topological polar surface area (TPSA) is 68.0 Å². The second-order valence-corrected chi connectivity index (χ2v) is 3.46. The lowest BCUT2D eigenvalue weighted by Crippen LogP contribution is -2.20. The molecule has 0 aliphatic rings. The van der Waals surface area contributed by atoms with Gasteiger partial charge in [-0.25, -0.2) is 4.98 Å². The number of carbonyl (C=O) groups excluding carboxylic acids is 1. The summed E-state index contributed by atoms with van der Waals surface area (Å²) in [6.07, 6.45) is 1.56. The molecule has 1 heterocycles. The highest BCUT2D eigenvalue weighted by Gasteiger charge is 2.09. The molecule has 0 bridgehead atoms. The number of halogens is 1. The Labute approximate surface area is 84.7 Å². The molecule has 0 saturated heterocycles. The summed E-state index contributed by atoms with van der Waals surface area (Å²) in [5.41, 5.74) is 5.99. The number of hydrogen-bond donors (Lipinski definition) is 2. The van der Waals surface area contributed by atoms with Gasteiger partial charge in [0, 0.05) is 10.7 Å². The average Bonchev–Trinajstić information content (AvgIpc) is 2.09. The van der Waals surface area contributed by atoms with Crippen molar-refractivity contribution in [3.8, 4) is 0 Å². The molecular weight excluding hydrogens is 234 g/mol. The van der Waals surface area contributed by atoms with Gasteiger partial charge in [0.15, 0.2) is 5.78 Å². The fourth-order valence-corrected chi connectivity index (χ4v) is 1.26. The van der Waals surface area contributed by atoms with Crippen LogP contribution in [-0.2, 0) is 0 Å². The van der Waals surface area contributed by atoms with Gasteiger partial charge in [-0.1, -0.05) is 0 Å². The highest BCUT2D eigenvalue weighted by atomic mass is 79.9. The quantitative estimate of drug-likeness (QED) is 0.772. The third kappa shape index (κ3) is 2.50. The summed E-state index contributed by atoms with van der Waals surface area (Å²) in [5.74, 6) is 0.206. The highest BCUT2D eigenvalue weighted by Crippen LogP contribution is 2.15. The lowest BCUT2D eigenvalue weighted by molar-refractivity contribution is 0.0994. The van der Waals surface area contributed by atoms with Crippen LogP contribution in [0.2, 0.25) is 0 Å². The van der Waals surface area contributed by atoms with Crippen LogP contribution in [0.3, 0.4) is 0 Å². The first-order chi connectivity index (χ1) is 6.15. The standard InChI is InChI=1S/C8H10BrN3O/c1-11-4-7(13)6-2-5(9)3-12-8(6)10/h2-3,11H,4H2,1H3,(H2,10,12). The Morgan fingerprint density at radius 2 is 2.46 bits per heavy atom. The summed E-state index contributed by atoms with van der Waals surface area (Å²) in [6, 6.07) is 1.67. The number of likely N-dealkylation sites (N-methyl/N-ethyl adjacent to an activating group) is 1. The summed E-state index contributed by atoms with van der Waals surface area (Å²) >= 11 is 3.23. The van der Waals surface area contributed by atoms with Crippen molar-refractivity contribution < 1.29 is 4.79 Å². The first-order valence-electron chi connectivity index (χ1n) is 3.74. The Morgan fingerprint density at radius 1 is 1.77 bits per heavy atom. The molecule has 0 radical (unpaired) electrons. The van der Waals surface area contributed by atoms with Crippen LogP contribution in [0.25, 0.3) is 0 Å². The maximum Gasteiger partial charge on any atom is 0.180 e. The maximum absolute atomic E-state index is 11.4. The monoisotopic (exact) mass is 243 g/mol. The van der Waals surface area contributed by atoms with Crippen molar-refractivity contribution in [1.29, 1.82) is 0 Å². The number of nitrogens with two attached hydrogens (primary N) is 1. The van der Waals surface area contributed by atoms with E-state index in [-0.39, 0.29) is 18.1 Å². The van der Waals surface area contributed by atoms with Gasteiger partial charge in [0.2, 0.25) is 0 Å². The number of nitrogens with one attached hydrogen (secondary N) is 1. The fourth-order valence-electron chi connectivity index (χ4n) is 0.929. The van der Waals surface area contributed by atoms with Gasteiger partial charge < -0.3 is 11.1 Å². The van der Waals surface area contributed by atoms with Crippen LogP contribution in [0.1, 0.15) is 10.4 Å². The van der Waals surface area contributed by atoms with Crippen molar-refractivity contribution >= 4 is 27.5 Å². The smallest absolute Gasteiger partial charge is 0.180 e.